The smallest absolute Gasteiger partial charge is 0.317 e. The van der Waals surface area contributed by atoms with Crippen LogP contribution in [0.25, 0.3) is 0 Å². The van der Waals surface area contributed by atoms with Gasteiger partial charge < -0.3 is 4.74 Å². The van der Waals surface area contributed by atoms with Crippen LogP contribution in [-0.4, -0.2) is 26.1 Å². The molecule has 0 spiro atoms. The minimum atomic E-state index is -3.53. The maximum absolute atomic E-state index is 11.1. The van der Waals surface area contributed by atoms with Crippen molar-refractivity contribution in [1.82, 2.24) is 0 Å². The fourth-order valence-corrected chi connectivity index (χ4v) is 2.58. The van der Waals surface area contributed by atoms with Crippen LogP contribution in [0.1, 0.15) is 19.8 Å². The molecule has 15 heavy (non-hydrogen) atoms. The van der Waals surface area contributed by atoms with Crippen LogP contribution in [0, 0.1) is 11.8 Å². The van der Waals surface area contributed by atoms with Crippen LogP contribution in [-0.2, 0) is 24.3 Å². The zero-order chi connectivity index (χ0) is 11.6. The van der Waals surface area contributed by atoms with Crippen LogP contribution in [0.15, 0.2) is 0 Å². The predicted molar refractivity (Wildman–Crippen MR) is 51.0 cm³/mol. The summed E-state index contributed by atoms with van der Waals surface area (Å²) in [5.41, 5.74) is 0. The molecule has 1 saturated heterocycles. The largest absolute Gasteiger partial charge is 0.393 e. The molecule has 2 unspecified atom stereocenters. The summed E-state index contributed by atoms with van der Waals surface area (Å²) in [7, 11) is -3.53. The van der Waals surface area contributed by atoms with E-state index in [1.807, 2.05) is 0 Å². The van der Waals surface area contributed by atoms with Gasteiger partial charge in [0.2, 0.25) is 10.0 Å². The Bertz CT molecular complexity index is 374. The number of esters is 2. The summed E-state index contributed by atoms with van der Waals surface area (Å²) in [5, 5.41) is 4.86. The van der Waals surface area contributed by atoms with Gasteiger partial charge in [0, 0.05) is 0 Å². The van der Waals surface area contributed by atoms with E-state index in [0.29, 0.717) is 6.42 Å². The van der Waals surface area contributed by atoms with Gasteiger partial charge >= 0.3 is 11.9 Å². The first-order chi connectivity index (χ1) is 6.78. The summed E-state index contributed by atoms with van der Waals surface area (Å²) < 4.78 is 25.9. The Kier molecular flexibility index (Phi) is 3.46. The van der Waals surface area contributed by atoms with Gasteiger partial charge in [0.25, 0.3) is 0 Å². The number of sulfonamides is 1. The first-order valence-electron chi connectivity index (χ1n) is 4.53. The fraction of sp³-hybridized carbons (Fsp3) is 0.750. The summed E-state index contributed by atoms with van der Waals surface area (Å²) in [6, 6.07) is 0. The molecule has 1 aliphatic heterocycles. The summed E-state index contributed by atoms with van der Waals surface area (Å²) in [4.78, 5) is 21.8. The second-order valence-corrected chi connectivity index (χ2v) is 5.52. The molecule has 6 nitrogen and oxygen atoms in total. The molecule has 0 bridgehead atoms. The quantitative estimate of drug-likeness (QED) is 0.517. The van der Waals surface area contributed by atoms with E-state index in [1.54, 1.807) is 6.92 Å². The molecule has 1 fully saturated rings. The van der Waals surface area contributed by atoms with Crippen LogP contribution in [0.3, 0.4) is 0 Å². The summed E-state index contributed by atoms with van der Waals surface area (Å²) in [6.07, 6.45) is 0.342. The van der Waals surface area contributed by atoms with E-state index in [4.69, 9.17) is 5.14 Å². The third-order valence-corrected chi connectivity index (χ3v) is 3.20. The van der Waals surface area contributed by atoms with Crippen molar-refractivity contribution in [3.05, 3.63) is 0 Å². The molecule has 0 aromatic heterocycles. The Morgan fingerprint density at radius 2 is 2.13 bits per heavy atom. The van der Waals surface area contributed by atoms with Crippen LogP contribution >= 0.6 is 0 Å². The van der Waals surface area contributed by atoms with Gasteiger partial charge in [0.1, 0.15) is 0 Å². The molecular formula is C8H13NO5S. The molecule has 0 radical (unpaired) electrons. The van der Waals surface area contributed by atoms with Crippen molar-refractivity contribution in [3.8, 4) is 0 Å². The van der Waals surface area contributed by atoms with Crippen molar-refractivity contribution in [1.29, 1.82) is 0 Å². The highest BCUT2D eigenvalue weighted by atomic mass is 32.2. The summed E-state index contributed by atoms with van der Waals surface area (Å²) in [6.45, 7) is 1.67. The number of ether oxygens (including phenoxy) is 1. The maximum Gasteiger partial charge on any atom is 0.317 e. The lowest BCUT2D eigenvalue weighted by Crippen LogP contribution is -2.24. The number of primary sulfonamides is 1. The fourth-order valence-electron chi connectivity index (χ4n) is 1.65. The zero-order valence-electron chi connectivity index (χ0n) is 8.30. The lowest BCUT2D eigenvalue weighted by atomic mass is 9.96. The number of hydrogen-bond donors (Lipinski definition) is 1. The van der Waals surface area contributed by atoms with Gasteiger partial charge in [-0.25, -0.2) is 13.6 Å². The standard InChI is InChI=1S/C8H13NO5S/c1-5(4-15(9,12)13)2-6-3-7(10)14-8(6)11/h5-6H,2-4H2,1H3,(H2,9,12,13). The van der Waals surface area contributed by atoms with E-state index in [2.05, 4.69) is 4.74 Å². The van der Waals surface area contributed by atoms with Crippen LogP contribution in [0.4, 0.5) is 0 Å². The Morgan fingerprint density at radius 1 is 1.53 bits per heavy atom. The Labute approximate surface area is 87.8 Å². The Morgan fingerprint density at radius 3 is 2.53 bits per heavy atom. The monoisotopic (exact) mass is 235 g/mol. The van der Waals surface area contributed by atoms with Crippen molar-refractivity contribution in [2.24, 2.45) is 17.0 Å². The minimum Gasteiger partial charge on any atom is -0.393 e. The molecule has 2 N–H and O–H groups in total. The molecule has 86 valence electrons. The average molecular weight is 235 g/mol. The lowest BCUT2D eigenvalue weighted by molar-refractivity contribution is -0.153. The number of hydrogen-bond acceptors (Lipinski definition) is 5. The lowest BCUT2D eigenvalue weighted by Gasteiger charge is -2.11. The van der Waals surface area contributed by atoms with Crippen molar-refractivity contribution in [3.63, 3.8) is 0 Å². The highest BCUT2D eigenvalue weighted by Crippen LogP contribution is 2.23. The van der Waals surface area contributed by atoms with Gasteiger partial charge in [-0.3, -0.25) is 9.59 Å². The molecule has 0 amide bonds. The molecule has 0 saturated carbocycles. The molecule has 0 aromatic rings. The van der Waals surface area contributed by atoms with Gasteiger partial charge in [-0.1, -0.05) is 6.92 Å². The second kappa shape index (κ2) is 4.28. The molecule has 0 aromatic carbocycles. The van der Waals surface area contributed by atoms with E-state index in [1.165, 1.54) is 0 Å². The molecule has 1 rings (SSSR count). The highest BCUT2D eigenvalue weighted by molar-refractivity contribution is 7.89. The Balaban J connectivity index is 2.49. The molecule has 0 aliphatic carbocycles. The van der Waals surface area contributed by atoms with Gasteiger partial charge in [0.15, 0.2) is 0 Å². The normalized spacial score (nSPS) is 24.0. The van der Waals surface area contributed by atoms with Gasteiger partial charge in [-0.15, -0.1) is 0 Å². The van der Waals surface area contributed by atoms with Gasteiger partial charge in [0.05, 0.1) is 18.1 Å². The average Bonchev–Trinajstić information content (AvgIpc) is 2.25. The van der Waals surface area contributed by atoms with Crippen molar-refractivity contribution < 1.29 is 22.7 Å². The summed E-state index contributed by atoms with van der Waals surface area (Å²) >= 11 is 0. The van der Waals surface area contributed by atoms with Gasteiger partial charge in [-0.05, 0) is 12.3 Å². The zero-order valence-corrected chi connectivity index (χ0v) is 9.12. The molecule has 2 atom stereocenters. The van der Waals surface area contributed by atoms with Crippen LogP contribution in [0.2, 0.25) is 0 Å². The number of carbonyl (C=O) groups is 2. The summed E-state index contributed by atoms with van der Waals surface area (Å²) in [5.74, 6) is -2.09. The predicted octanol–water partition coefficient (Wildman–Crippen LogP) is -0.609. The van der Waals surface area contributed by atoms with Gasteiger partial charge in [-0.2, -0.15) is 0 Å². The molecule has 1 aliphatic rings. The maximum atomic E-state index is 11.1. The highest BCUT2D eigenvalue weighted by Gasteiger charge is 2.34. The van der Waals surface area contributed by atoms with E-state index in [9.17, 15) is 18.0 Å². The number of nitrogens with two attached hydrogens (primary N) is 1. The van der Waals surface area contributed by atoms with E-state index in [-0.39, 0.29) is 18.1 Å². The molecule has 7 heteroatoms. The number of rotatable bonds is 4. The molecule has 1 heterocycles. The molecular weight excluding hydrogens is 222 g/mol. The van der Waals surface area contributed by atoms with E-state index < -0.39 is 27.9 Å². The van der Waals surface area contributed by atoms with E-state index in [0.717, 1.165) is 0 Å². The second-order valence-electron chi connectivity index (χ2n) is 3.86. The van der Waals surface area contributed by atoms with Crippen molar-refractivity contribution in [2.75, 3.05) is 5.75 Å². The minimum absolute atomic E-state index is 0.0355. The van der Waals surface area contributed by atoms with Crippen LogP contribution in [0.5, 0.6) is 0 Å². The third-order valence-electron chi connectivity index (χ3n) is 2.16. The number of carbonyl (C=O) groups excluding carboxylic acids is 2. The Hall–Kier alpha value is -0.950. The first-order valence-corrected chi connectivity index (χ1v) is 6.24. The van der Waals surface area contributed by atoms with Crippen LogP contribution < -0.4 is 5.14 Å². The first kappa shape index (κ1) is 12.1. The van der Waals surface area contributed by atoms with Crippen molar-refractivity contribution >= 4 is 22.0 Å². The SMILES string of the molecule is CC(CC1CC(=O)OC1=O)CS(N)(=O)=O. The van der Waals surface area contributed by atoms with E-state index >= 15 is 0 Å². The third kappa shape index (κ3) is 3.96. The number of cyclic esters (lactones) is 2. The van der Waals surface area contributed by atoms with Crippen molar-refractivity contribution in [2.45, 2.75) is 19.8 Å². The topological polar surface area (TPSA) is 104 Å².